The van der Waals surface area contributed by atoms with Gasteiger partial charge < -0.3 is 86.8 Å². The van der Waals surface area contributed by atoms with Gasteiger partial charge in [-0.15, -0.1) is 0 Å². The van der Waals surface area contributed by atoms with Crippen LogP contribution in [0, 0.1) is 5.41 Å². The molecule has 250 valence electrons. The molecule has 0 aliphatic carbocycles. The highest BCUT2D eigenvalue weighted by molar-refractivity contribution is 6.00. The number of ether oxygens (including phenoxy) is 5. The van der Waals surface area contributed by atoms with Crippen molar-refractivity contribution in [3.05, 3.63) is 0 Å². The lowest BCUT2D eigenvalue weighted by atomic mass is 9.67. The lowest BCUT2D eigenvalue weighted by Gasteiger charge is -2.54. The Bertz CT molecular complexity index is 978. The summed E-state index contributed by atoms with van der Waals surface area (Å²) in [5.41, 5.74) is 11.6. The zero-order valence-electron chi connectivity index (χ0n) is 22.7. The van der Waals surface area contributed by atoms with Gasteiger partial charge >= 0.3 is 11.9 Å². The number of carboxylic acids is 1. The molecule has 3 saturated heterocycles. The number of carbonyl (C=O) groups is 2. The van der Waals surface area contributed by atoms with E-state index in [2.05, 4.69) is 4.89 Å². The fraction of sp³-hybridized carbons (Fsp3) is 0.909. The summed E-state index contributed by atoms with van der Waals surface area (Å²) in [6.07, 6.45) is -19.4. The number of hydrogen-bond acceptors (Lipinski definition) is 20. The molecule has 21 heteroatoms. The van der Waals surface area contributed by atoms with Crippen molar-refractivity contribution in [3.63, 3.8) is 0 Å². The topological polar surface area (TPSA) is 370 Å². The van der Waals surface area contributed by atoms with Crippen molar-refractivity contribution in [2.24, 2.45) is 22.6 Å². The number of carboxylic acid groups (broad SMARTS) is 1. The summed E-state index contributed by atoms with van der Waals surface area (Å²) in [6.45, 7) is -2.52. The van der Waals surface area contributed by atoms with Gasteiger partial charge in [0.15, 0.2) is 24.3 Å². The molecule has 43 heavy (non-hydrogen) atoms. The van der Waals surface area contributed by atoms with Gasteiger partial charge in [-0.25, -0.2) is 4.79 Å². The van der Waals surface area contributed by atoms with E-state index in [4.69, 9.17) is 46.1 Å². The van der Waals surface area contributed by atoms with Gasteiger partial charge in [0, 0.05) is 0 Å². The molecule has 3 fully saturated rings. The first-order valence-electron chi connectivity index (χ1n) is 13.0. The maximum atomic E-state index is 12.4. The van der Waals surface area contributed by atoms with Crippen LogP contribution in [0.5, 0.6) is 0 Å². The van der Waals surface area contributed by atoms with Crippen LogP contribution in [-0.4, -0.2) is 174 Å². The molecule has 0 amide bonds. The minimum Gasteiger partial charge on any atom is -0.480 e. The van der Waals surface area contributed by atoms with Crippen molar-refractivity contribution in [3.8, 4) is 0 Å². The molecule has 0 radical (unpaired) electrons. The molecule has 3 aliphatic heterocycles. The second-order valence-electron chi connectivity index (χ2n) is 10.7. The average Bonchev–Trinajstić information content (AvgIpc) is 2.99. The van der Waals surface area contributed by atoms with Crippen molar-refractivity contribution in [1.29, 1.82) is 0 Å². The van der Waals surface area contributed by atoms with Crippen molar-refractivity contribution in [2.75, 3.05) is 19.8 Å². The zero-order valence-corrected chi connectivity index (χ0v) is 22.7. The predicted octanol–water partition coefficient (Wildman–Crippen LogP) is -8.20. The maximum Gasteiger partial charge on any atom is 0.362 e. The van der Waals surface area contributed by atoms with E-state index >= 15 is 0 Å². The van der Waals surface area contributed by atoms with Crippen LogP contribution >= 0.6 is 0 Å². The smallest absolute Gasteiger partial charge is 0.362 e. The molecular formula is C22H39N3O18. The minimum absolute atomic E-state index is 0.620. The molecule has 0 spiro atoms. The molecule has 21 nitrogen and oxygen atoms in total. The third-order valence-corrected chi connectivity index (χ3v) is 8.24. The Labute approximate surface area is 242 Å². The first-order valence-corrected chi connectivity index (χ1v) is 13.0. The van der Waals surface area contributed by atoms with Crippen LogP contribution in [0.2, 0.25) is 0 Å². The number of carbonyl (C=O) groups excluding carboxylic acids is 1. The third kappa shape index (κ3) is 5.98. The summed E-state index contributed by atoms with van der Waals surface area (Å²) in [7, 11) is 0. The molecule has 0 aromatic carbocycles. The fourth-order valence-corrected chi connectivity index (χ4v) is 5.31. The van der Waals surface area contributed by atoms with Crippen LogP contribution < -0.4 is 17.2 Å². The van der Waals surface area contributed by atoms with E-state index in [0.29, 0.717) is 6.92 Å². The van der Waals surface area contributed by atoms with E-state index in [0.717, 1.165) is 0 Å². The molecule has 16 N–H and O–H groups in total. The number of nitrogens with two attached hydrogens (primary N) is 3. The van der Waals surface area contributed by atoms with Crippen molar-refractivity contribution in [2.45, 2.75) is 98.4 Å². The summed E-state index contributed by atoms with van der Waals surface area (Å²) in [5, 5.41) is 101. The van der Waals surface area contributed by atoms with Crippen LogP contribution in [0.4, 0.5) is 0 Å². The standard InChI is InChI=1S/C22H39N3O18/c1-21(19(34)35,20(36)43-37)22(4-28)15(32)12(31)9(25)18(42-22)41-14-6(3-27)39-17(8(24)11(14)30)40-13-5(2-26)38-16(33)7(23)10(13)29/h5-18,26-33,37H,2-4,23-25H2,1H3,(H,34,35)/t5-,6-,7-,8-,9-,10-,11-,12-,13?,14?,15+,16-,17+,18+,21?,22-/m1/s1. The number of rotatable bonds is 10. The second kappa shape index (κ2) is 13.7. The minimum atomic E-state index is -3.09. The fourth-order valence-electron chi connectivity index (χ4n) is 5.31. The number of aliphatic hydroxyl groups excluding tert-OH is 8. The van der Waals surface area contributed by atoms with Gasteiger partial charge in [0.1, 0.15) is 54.4 Å². The highest BCUT2D eigenvalue weighted by Crippen LogP contribution is 2.45. The molecule has 3 aliphatic rings. The van der Waals surface area contributed by atoms with Gasteiger partial charge in [-0.2, -0.15) is 5.26 Å². The number of aliphatic carboxylic acids is 1. The normalized spacial score (nSPS) is 47.0. The summed E-state index contributed by atoms with van der Waals surface area (Å²) >= 11 is 0. The molecule has 0 aromatic rings. The van der Waals surface area contributed by atoms with E-state index in [-0.39, 0.29) is 0 Å². The van der Waals surface area contributed by atoms with E-state index in [9.17, 15) is 55.5 Å². The molecule has 3 heterocycles. The SMILES string of the molecule is CC(C(=O)O)(C(=O)OO)[C@]1(CO)O[C@H](OC2[C@@H](CO)O[C@@H](OC3[C@@H](CO)O[C@@H](O)[C@H](N)[C@H]3O)[C@H](N)[C@H]2O)[C@H](N)[C@@H](O)[C@@H]1O. The molecule has 0 saturated carbocycles. The van der Waals surface area contributed by atoms with Gasteiger partial charge in [-0.3, -0.25) is 9.68 Å². The van der Waals surface area contributed by atoms with Gasteiger partial charge in [0.25, 0.3) is 0 Å². The monoisotopic (exact) mass is 633 g/mol. The van der Waals surface area contributed by atoms with Gasteiger partial charge in [0.2, 0.25) is 0 Å². The second-order valence-corrected chi connectivity index (χ2v) is 10.7. The molecule has 3 rings (SSSR count). The molecule has 0 bridgehead atoms. The Morgan fingerprint density at radius 2 is 1.30 bits per heavy atom. The molecule has 0 aromatic heterocycles. The lowest BCUT2D eigenvalue weighted by molar-refractivity contribution is -0.372. The summed E-state index contributed by atoms with van der Waals surface area (Å²) in [5.74, 6) is -3.98. The largest absolute Gasteiger partial charge is 0.480 e. The van der Waals surface area contributed by atoms with E-state index < -0.39 is 129 Å². The zero-order chi connectivity index (χ0) is 32.6. The van der Waals surface area contributed by atoms with Crippen LogP contribution in [0.15, 0.2) is 0 Å². The van der Waals surface area contributed by atoms with Crippen molar-refractivity contribution < 1.29 is 89.4 Å². The Morgan fingerprint density at radius 3 is 1.79 bits per heavy atom. The Balaban J connectivity index is 1.89. The quantitative estimate of drug-likeness (QED) is 0.0603. The number of aliphatic hydroxyl groups is 8. The predicted molar refractivity (Wildman–Crippen MR) is 131 cm³/mol. The van der Waals surface area contributed by atoms with Gasteiger partial charge in [0.05, 0.1) is 37.9 Å². The highest BCUT2D eigenvalue weighted by Gasteiger charge is 2.70. The Kier molecular flexibility index (Phi) is 11.4. The van der Waals surface area contributed by atoms with E-state index in [1.807, 2.05) is 0 Å². The van der Waals surface area contributed by atoms with Crippen LogP contribution in [-0.2, 0) is 38.2 Å². The summed E-state index contributed by atoms with van der Waals surface area (Å²) < 4.78 is 27.5. The van der Waals surface area contributed by atoms with Gasteiger partial charge in [-0.05, 0) is 6.92 Å². The molecule has 3 unspecified atom stereocenters. The van der Waals surface area contributed by atoms with Crippen molar-refractivity contribution in [1.82, 2.24) is 0 Å². The summed E-state index contributed by atoms with van der Waals surface area (Å²) in [6, 6.07) is -4.68. The molecule has 16 atom stereocenters. The Morgan fingerprint density at radius 1 is 0.814 bits per heavy atom. The van der Waals surface area contributed by atoms with Crippen LogP contribution in [0.25, 0.3) is 0 Å². The first-order chi connectivity index (χ1) is 20.1. The summed E-state index contributed by atoms with van der Waals surface area (Å²) in [4.78, 5) is 28.1. The lowest BCUT2D eigenvalue weighted by Crippen LogP contribution is -2.77. The third-order valence-electron chi connectivity index (χ3n) is 8.24. The maximum absolute atomic E-state index is 12.4. The Hall–Kier alpha value is -1.74. The van der Waals surface area contributed by atoms with Crippen LogP contribution in [0.3, 0.4) is 0 Å². The average molecular weight is 634 g/mol. The molecular weight excluding hydrogens is 594 g/mol. The van der Waals surface area contributed by atoms with Crippen LogP contribution in [0.1, 0.15) is 6.92 Å². The van der Waals surface area contributed by atoms with Gasteiger partial charge in [-0.1, -0.05) is 0 Å². The van der Waals surface area contributed by atoms with E-state index in [1.54, 1.807) is 0 Å². The first kappa shape index (κ1) is 35.7. The number of hydrogen-bond donors (Lipinski definition) is 13. The highest BCUT2D eigenvalue weighted by atomic mass is 17.1. The van der Waals surface area contributed by atoms with Crippen molar-refractivity contribution >= 4 is 11.9 Å². The van der Waals surface area contributed by atoms with E-state index in [1.165, 1.54) is 0 Å².